The zero-order chi connectivity index (χ0) is 40.6. The van der Waals surface area contributed by atoms with Crippen molar-refractivity contribution in [3.63, 3.8) is 0 Å². The molecule has 8 rings (SSSR count). The molecule has 1 aliphatic heterocycles. The molecule has 0 saturated carbocycles. The van der Waals surface area contributed by atoms with Gasteiger partial charge in [-0.25, -0.2) is 4.79 Å². The molecule has 298 valence electrons. The summed E-state index contributed by atoms with van der Waals surface area (Å²) in [4.78, 5) is 15.2. The predicted molar refractivity (Wildman–Crippen MR) is 234 cm³/mol. The molecule has 4 atom stereocenters. The third kappa shape index (κ3) is 10.1. The minimum atomic E-state index is -0.590. The van der Waals surface area contributed by atoms with Crippen molar-refractivity contribution in [2.75, 3.05) is 18.9 Å². The van der Waals surface area contributed by atoms with Gasteiger partial charge in [0.05, 0.1) is 18.8 Å². The maximum Gasteiger partial charge on any atom is 0.319 e. The highest BCUT2D eigenvalue weighted by atomic mass is 16.7. The molecule has 0 aromatic heterocycles. The fourth-order valence-electron chi connectivity index (χ4n) is 7.55. The number of aliphatic hydroxyl groups is 1. The van der Waals surface area contributed by atoms with Crippen molar-refractivity contribution in [1.29, 1.82) is 0 Å². The summed E-state index contributed by atoms with van der Waals surface area (Å²) in [5, 5.41) is 18.0. The number of ether oxygens (including phenoxy) is 3. The largest absolute Gasteiger partial charge is 0.457 e. The van der Waals surface area contributed by atoms with Gasteiger partial charge in [-0.15, -0.1) is 0 Å². The van der Waals surface area contributed by atoms with Crippen molar-refractivity contribution in [2.24, 2.45) is 0 Å². The number of carbonyl (C=O) groups excluding carboxylic acids is 1. The molecule has 3 N–H and O–H groups in total. The average Bonchev–Trinajstić information content (AvgIpc) is 3.29. The number of nitrogens with zero attached hydrogens (tertiary/aromatic N) is 1. The van der Waals surface area contributed by atoms with Crippen molar-refractivity contribution < 1.29 is 24.1 Å². The van der Waals surface area contributed by atoms with Gasteiger partial charge >= 0.3 is 6.03 Å². The maximum absolute atomic E-state index is 12.9. The average molecular weight is 784 g/mol. The van der Waals surface area contributed by atoms with Crippen LogP contribution in [0.15, 0.2) is 170 Å². The molecule has 0 bridgehead atoms. The van der Waals surface area contributed by atoms with Crippen molar-refractivity contribution in [3.05, 3.63) is 198 Å². The molecule has 7 aromatic carbocycles. The van der Waals surface area contributed by atoms with Crippen LogP contribution in [0.4, 0.5) is 10.5 Å². The number of nitrogens with one attached hydrogen (secondary N) is 2. The quantitative estimate of drug-likeness (QED) is 0.108. The summed E-state index contributed by atoms with van der Waals surface area (Å²) in [7, 11) is 2.16. The van der Waals surface area contributed by atoms with Crippen LogP contribution >= 0.6 is 0 Å². The maximum atomic E-state index is 12.9. The summed E-state index contributed by atoms with van der Waals surface area (Å²) < 4.78 is 19.4. The van der Waals surface area contributed by atoms with Gasteiger partial charge < -0.3 is 30.0 Å². The first-order valence-corrected chi connectivity index (χ1v) is 20.1. The molecule has 1 fully saturated rings. The zero-order valence-electron chi connectivity index (χ0n) is 33.3. The van der Waals surface area contributed by atoms with Gasteiger partial charge in [-0.3, -0.25) is 4.90 Å². The molecule has 8 nitrogen and oxygen atoms in total. The molecule has 8 heteroatoms. The zero-order valence-corrected chi connectivity index (χ0v) is 33.3. The lowest BCUT2D eigenvalue weighted by molar-refractivity contribution is -0.253. The van der Waals surface area contributed by atoms with E-state index in [-0.39, 0.29) is 30.9 Å². The van der Waals surface area contributed by atoms with Crippen LogP contribution in [-0.4, -0.2) is 35.7 Å². The minimum Gasteiger partial charge on any atom is -0.457 e. The SMILES string of the molecule is CC(c1ccc2ccccc2c1)N(C)CC1CC(c2ccc(CO)cc2)OC(c2cccc(-c3cccc(CNC(=O)Nc4ccc(Oc5ccccc5)cc4)c3)c2)O1. The number of rotatable bonds is 13. The van der Waals surface area contributed by atoms with E-state index in [1.54, 1.807) is 0 Å². The third-order valence-corrected chi connectivity index (χ3v) is 11.0. The van der Waals surface area contributed by atoms with E-state index >= 15 is 0 Å². The number of anilines is 1. The van der Waals surface area contributed by atoms with Gasteiger partial charge in [0.2, 0.25) is 0 Å². The molecule has 0 spiro atoms. The van der Waals surface area contributed by atoms with Crippen LogP contribution in [0.2, 0.25) is 0 Å². The van der Waals surface area contributed by atoms with Gasteiger partial charge in [0.25, 0.3) is 0 Å². The number of amides is 2. The predicted octanol–water partition coefficient (Wildman–Crippen LogP) is 11.4. The Morgan fingerprint density at radius 3 is 2.20 bits per heavy atom. The van der Waals surface area contributed by atoms with Crippen molar-refractivity contribution in [2.45, 2.75) is 51.0 Å². The summed E-state index contributed by atoms with van der Waals surface area (Å²) in [6.45, 7) is 3.31. The molecule has 0 aliphatic carbocycles. The van der Waals surface area contributed by atoms with Crippen LogP contribution < -0.4 is 15.4 Å². The standard InChI is InChI=1S/C51H49N3O5/c1-35(40-23-22-38-11-6-7-12-42(38)29-40)54(2)33-48-31-49(39-20-18-36(34-55)19-21-39)59-50(58-48)44-15-9-14-43(30-44)41-13-8-10-37(28-41)32-52-51(56)53-45-24-26-47(27-25-45)57-46-16-4-3-5-17-46/h3-30,35,48-50,55H,31-34H2,1-2H3,(H2,52,53,56). The van der Waals surface area contributed by atoms with Gasteiger partial charge in [-0.2, -0.15) is 0 Å². The van der Waals surface area contributed by atoms with Crippen molar-refractivity contribution in [3.8, 4) is 22.6 Å². The van der Waals surface area contributed by atoms with Crippen molar-refractivity contribution >= 4 is 22.5 Å². The molecule has 1 aliphatic rings. The molecular weight excluding hydrogens is 735 g/mol. The molecule has 0 radical (unpaired) electrons. The Hall–Kier alpha value is -6.29. The fourth-order valence-corrected chi connectivity index (χ4v) is 7.55. The molecule has 1 saturated heterocycles. The number of carbonyl (C=O) groups is 1. The molecule has 7 aromatic rings. The summed E-state index contributed by atoms with van der Waals surface area (Å²) in [5.74, 6) is 1.44. The number of hydrogen-bond acceptors (Lipinski definition) is 6. The van der Waals surface area contributed by atoms with Crippen LogP contribution in [0.5, 0.6) is 11.5 Å². The molecular formula is C51H49N3O5. The Balaban J connectivity index is 0.938. The number of para-hydroxylation sites is 1. The Morgan fingerprint density at radius 1 is 0.712 bits per heavy atom. The molecule has 2 amide bonds. The van der Waals surface area contributed by atoms with E-state index in [9.17, 15) is 9.90 Å². The van der Waals surface area contributed by atoms with E-state index in [0.717, 1.165) is 45.7 Å². The molecule has 4 unspecified atom stereocenters. The van der Waals surface area contributed by atoms with E-state index < -0.39 is 6.29 Å². The highest BCUT2D eigenvalue weighted by molar-refractivity contribution is 5.89. The van der Waals surface area contributed by atoms with E-state index in [4.69, 9.17) is 14.2 Å². The third-order valence-electron chi connectivity index (χ3n) is 11.0. The van der Waals surface area contributed by atoms with Crippen LogP contribution in [0.1, 0.15) is 59.6 Å². The topological polar surface area (TPSA) is 92.3 Å². The second-order valence-corrected chi connectivity index (χ2v) is 15.1. The number of fused-ring (bicyclic) bond motifs is 1. The van der Waals surface area contributed by atoms with Crippen LogP contribution in [0, 0.1) is 0 Å². The number of aliphatic hydroxyl groups excluding tert-OH is 1. The van der Waals surface area contributed by atoms with Crippen LogP contribution in [-0.2, 0) is 22.6 Å². The number of likely N-dealkylation sites (N-methyl/N-ethyl adjacent to an activating group) is 1. The Bertz CT molecular complexity index is 2470. The number of hydrogen-bond donors (Lipinski definition) is 3. The summed E-state index contributed by atoms with van der Waals surface area (Å²) >= 11 is 0. The van der Waals surface area contributed by atoms with Gasteiger partial charge in [-0.1, -0.05) is 115 Å². The summed E-state index contributed by atoms with van der Waals surface area (Å²) in [6, 6.07) is 56.4. The van der Waals surface area contributed by atoms with E-state index in [1.165, 1.54) is 16.3 Å². The van der Waals surface area contributed by atoms with Crippen LogP contribution in [0.3, 0.4) is 0 Å². The molecule has 59 heavy (non-hydrogen) atoms. The molecule has 1 heterocycles. The Morgan fingerprint density at radius 2 is 1.42 bits per heavy atom. The van der Waals surface area contributed by atoms with E-state index in [0.29, 0.717) is 24.4 Å². The summed E-state index contributed by atoms with van der Waals surface area (Å²) in [5.41, 5.74) is 7.78. The highest BCUT2D eigenvalue weighted by Gasteiger charge is 2.33. The smallest absolute Gasteiger partial charge is 0.319 e. The van der Waals surface area contributed by atoms with E-state index in [2.05, 4.69) is 102 Å². The lowest BCUT2D eigenvalue weighted by Gasteiger charge is -2.39. The first-order chi connectivity index (χ1) is 28.9. The first-order valence-electron chi connectivity index (χ1n) is 20.1. The minimum absolute atomic E-state index is 0.00461. The van der Waals surface area contributed by atoms with Crippen molar-refractivity contribution in [1.82, 2.24) is 10.2 Å². The lowest BCUT2D eigenvalue weighted by Crippen LogP contribution is -2.38. The fraction of sp³-hybridized carbons (Fsp3) is 0.196. The van der Waals surface area contributed by atoms with Gasteiger partial charge in [0.15, 0.2) is 6.29 Å². The Kier molecular flexibility index (Phi) is 12.4. The normalized spacial score (nSPS) is 17.1. The van der Waals surface area contributed by atoms with Gasteiger partial charge in [0, 0.05) is 36.8 Å². The van der Waals surface area contributed by atoms with Gasteiger partial charge in [-0.05, 0) is 113 Å². The lowest BCUT2D eigenvalue weighted by atomic mass is 9.97. The van der Waals surface area contributed by atoms with Crippen LogP contribution in [0.25, 0.3) is 21.9 Å². The first kappa shape index (κ1) is 39.5. The monoisotopic (exact) mass is 783 g/mol. The Labute approximate surface area is 346 Å². The number of benzene rings is 7. The highest BCUT2D eigenvalue weighted by Crippen LogP contribution is 2.40. The second kappa shape index (κ2) is 18.5. The number of urea groups is 1. The van der Waals surface area contributed by atoms with E-state index in [1.807, 2.05) is 97.1 Å². The second-order valence-electron chi connectivity index (χ2n) is 15.1. The summed E-state index contributed by atoms with van der Waals surface area (Å²) in [6.07, 6.45) is -0.192. The van der Waals surface area contributed by atoms with Gasteiger partial charge in [0.1, 0.15) is 11.5 Å².